The fourth-order valence-corrected chi connectivity index (χ4v) is 6.26. The molecule has 2 saturated heterocycles. The molecular formula is C18H28N4O4S. The van der Waals surface area contributed by atoms with Gasteiger partial charge in [-0.15, -0.1) is 0 Å². The van der Waals surface area contributed by atoms with Crippen LogP contribution < -0.4 is 10.6 Å². The predicted octanol–water partition coefficient (Wildman–Crippen LogP) is 1.22. The first kappa shape index (κ1) is 18.9. The van der Waals surface area contributed by atoms with Crippen molar-refractivity contribution in [1.29, 1.82) is 0 Å². The average Bonchev–Trinajstić information content (AvgIpc) is 3.39. The van der Waals surface area contributed by atoms with Crippen LogP contribution in [-0.4, -0.2) is 60.8 Å². The third kappa shape index (κ3) is 4.05. The molecule has 1 aliphatic carbocycles. The molecule has 2 N–H and O–H groups in total. The number of piperidine rings is 2. The van der Waals surface area contributed by atoms with Gasteiger partial charge in [0.05, 0.1) is 5.25 Å². The average molecular weight is 397 g/mol. The van der Waals surface area contributed by atoms with Gasteiger partial charge in [0.15, 0.2) is 5.69 Å². The third-order valence-electron chi connectivity index (χ3n) is 5.89. The zero-order valence-electron chi connectivity index (χ0n) is 15.7. The third-order valence-corrected chi connectivity index (χ3v) is 8.33. The lowest BCUT2D eigenvalue weighted by atomic mass is 10.0. The van der Waals surface area contributed by atoms with Gasteiger partial charge in [-0.25, -0.2) is 8.42 Å². The van der Waals surface area contributed by atoms with E-state index in [9.17, 15) is 13.2 Å². The Kier molecular flexibility index (Phi) is 5.26. The van der Waals surface area contributed by atoms with E-state index in [0.717, 1.165) is 31.6 Å². The second-order valence-electron chi connectivity index (χ2n) is 8.06. The topological polar surface area (TPSA) is 105 Å². The molecule has 1 aromatic heterocycles. The monoisotopic (exact) mass is 396 g/mol. The smallest absolute Gasteiger partial charge is 0.273 e. The number of rotatable bonds is 5. The molecule has 9 heteroatoms. The van der Waals surface area contributed by atoms with E-state index in [0.29, 0.717) is 44.0 Å². The Balaban J connectivity index is 1.34. The number of hydrogen-bond acceptors (Lipinski definition) is 6. The Morgan fingerprint density at radius 3 is 2.81 bits per heavy atom. The normalized spacial score (nSPS) is 30.2. The summed E-state index contributed by atoms with van der Waals surface area (Å²) in [6, 6.07) is 1.55. The molecule has 3 atom stereocenters. The van der Waals surface area contributed by atoms with Crippen molar-refractivity contribution in [3.05, 3.63) is 17.5 Å². The maximum Gasteiger partial charge on any atom is 0.273 e. The Bertz CT molecular complexity index is 783. The van der Waals surface area contributed by atoms with Crippen LogP contribution in [0.2, 0.25) is 0 Å². The Morgan fingerprint density at radius 1 is 1.33 bits per heavy atom. The van der Waals surface area contributed by atoms with E-state index < -0.39 is 10.0 Å². The molecule has 150 valence electrons. The molecule has 0 unspecified atom stereocenters. The number of aromatic nitrogens is 1. The summed E-state index contributed by atoms with van der Waals surface area (Å²) in [6.45, 7) is 3.78. The highest BCUT2D eigenvalue weighted by Gasteiger charge is 2.39. The summed E-state index contributed by atoms with van der Waals surface area (Å²) < 4.78 is 32.8. The van der Waals surface area contributed by atoms with Gasteiger partial charge in [0.1, 0.15) is 5.76 Å². The quantitative estimate of drug-likeness (QED) is 0.775. The minimum Gasteiger partial charge on any atom is -0.360 e. The van der Waals surface area contributed by atoms with Crippen molar-refractivity contribution in [3.63, 3.8) is 0 Å². The van der Waals surface area contributed by atoms with Gasteiger partial charge in [-0.1, -0.05) is 5.16 Å². The van der Waals surface area contributed by atoms with Crippen molar-refractivity contribution < 1.29 is 17.7 Å². The minimum absolute atomic E-state index is 0.0514. The van der Waals surface area contributed by atoms with Crippen LogP contribution in [0.1, 0.15) is 67.6 Å². The minimum atomic E-state index is -3.31. The summed E-state index contributed by atoms with van der Waals surface area (Å²) in [4.78, 5) is 12.4. The molecule has 0 aromatic carbocycles. The van der Waals surface area contributed by atoms with Crippen LogP contribution in [0.3, 0.4) is 0 Å². The van der Waals surface area contributed by atoms with Gasteiger partial charge in [0.25, 0.3) is 5.91 Å². The number of hydrogen-bond donors (Lipinski definition) is 2. The van der Waals surface area contributed by atoms with E-state index in [1.807, 2.05) is 6.92 Å². The highest BCUT2D eigenvalue weighted by Crippen LogP contribution is 2.40. The summed E-state index contributed by atoms with van der Waals surface area (Å²) in [7, 11) is -3.31. The Labute approximate surface area is 160 Å². The zero-order chi connectivity index (χ0) is 19.0. The number of amides is 1. The lowest BCUT2D eigenvalue weighted by Crippen LogP contribution is -2.54. The summed E-state index contributed by atoms with van der Waals surface area (Å²) in [5, 5.41) is 9.72. The molecule has 0 radical (unpaired) electrons. The second kappa shape index (κ2) is 7.52. The van der Waals surface area contributed by atoms with E-state index in [-0.39, 0.29) is 23.2 Å². The first-order chi connectivity index (χ1) is 12.9. The maximum atomic E-state index is 13.0. The van der Waals surface area contributed by atoms with Gasteiger partial charge in [-0.3, -0.25) is 4.79 Å². The largest absolute Gasteiger partial charge is 0.360 e. The first-order valence-electron chi connectivity index (χ1n) is 9.94. The predicted molar refractivity (Wildman–Crippen MR) is 99.9 cm³/mol. The molecule has 3 heterocycles. The molecule has 27 heavy (non-hydrogen) atoms. The van der Waals surface area contributed by atoms with E-state index in [4.69, 9.17) is 4.52 Å². The summed E-state index contributed by atoms with van der Waals surface area (Å²) in [5.41, 5.74) is 0.313. The molecule has 1 aromatic rings. The van der Waals surface area contributed by atoms with Crippen molar-refractivity contribution in [1.82, 2.24) is 20.1 Å². The Morgan fingerprint density at radius 2 is 2.15 bits per heavy atom. The highest BCUT2D eigenvalue weighted by molar-refractivity contribution is 7.89. The number of sulfonamides is 1. The van der Waals surface area contributed by atoms with Gasteiger partial charge in [-0.05, 0) is 52.0 Å². The van der Waals surface area contributed by atoms with E-state index in [1.165, 1.54) is 0 Å². The molecule has 8 nitrogen and oxygen atoms in total. The van der Waals surface area contributed by atoms with Crippen LogP contribution in [0.5, 0.6) is 0 Å². The zero-order valence-corrected chi connectivity index (χ0v) is 16.5. The van der Waals surface area contributed by atoms with Crippen LogP contribution in [0.4, 0.5) is 0 Å². The van der Waals surface area contributed by atoms with Crippen molar-refractivity contribution in [2.45, 2.75) is 68.7 Å². The second-order valence-corrected chi connectivity index (χ2v) is 10.2. The summed E-state index contributed by atoms with van der Waals surface area (Å²) in [6.07, 6.45) is 5.02. The molecule has 1 saturated carbocycles. The number of carbonyl (C=O) groups excluding carboxylic acids is 1. The number of nitrogens with zero attached hydrogens (tertiary/aromatic N) is 2. The molecule has 2 aliphatic heterocycles. The summed E-state index contributed by atoms with van der Waals surface area (Å²) in [5.74, 6) is 0.966. The molecule has 3 fully saturated rings. The van der Waals surface area contributed by atoms with Crippen LogP contribution in [0, 0.1) is 0 Å². The Hall–Kier alpha value is -1.45. The van der Waals surface area contributed by atoms with Crippen LogP contribution in [0.15, 0.2) is 10.6 Å². The fraction of sp³-hybridized carbons (Fsp3) is 0.778. The van der Waals surface area contributed by atoms with Crippen LogP contribution >= 0.6 is 0 Å². The number of nitrogens with one attached hydrogen (secondary N) is 2. The SMILES string of the molecule is C[C@H]1C[C@@H](NC(=O)c2cc(C3CC3)on2)CCN1S(=O)(=O)[C@@H]1CCCNC1. The standard InChI is InChI=1S/C18H28N4O4S/c1-12-9-14(20-18(23)16-10-17(26-21-16)13-4-5-13)6-8-22(12)27(24,25)15-3-2-7-19-11-15/h10,12-15,19H,2-9,11H2,1H3,(H,20,23)/t12-,14-,15+/m0/s1. The van der Waals surface area contributed by atoms with Crippen molar-refractivity contribution in [2.24, 2.45) is 0 Å². The molecular weight excluding hydrogens is 368 g/mol. The fourth-order valence-electron chi connectivity index (χ4n) is 4.14. The maximum absolute atomic E-state index is 13.0. The van der Waals surface area contributed by atoms with Crippen LogP contribution in [0.25, 0.3) is 0 Å². The van der Waals surface area contributed by atoms with Crippen molar-refractivity contribution in [2.75, 3.05) is 19.6 Å². The molecule has 0 spiro atoms. The molecule has 1 amide bonds. The van der Waals surface area contributed by atoms with Crippen LogP contribution in [-0.2, 0) is 10.0 Å². The van der Waals surface area contributed by atoms with E-state index >= 15 is 0 Å². The molecule has 4 rings (SSSR count). The summed E-state index contributed by atoms with van der Waals surface area (Å²) >= 11 is 0. The van der Waals surface area contributed by atoms with Gasteiger partial charge in [0, 0.05) is 37.2 Å². The van der Waals surface area contributed by atoms with Crippen molar-refractivity contribution in [3.8, 4) is 0 Å². The van der Waals surface area contributed by atoms with Crippen molar-refractivity contribution >= 4 is 15.9 Å². The van der Waals surface area contributed by atoms with Gasteiger partial charge < -0.3 is 15.2 Å². The van der Waals surface area contributed by atoms with Gasteiger partial charge >= 0.3 is 0 Å². The van der Waals surface area contributed by atoms with Gasteiger partial charge in [-0.2, -0.15) is 4.31 Å². The first-order valence-corrected chi connectivity index (χ1v) is 11.4. The van der Waals surface area contributed by atoms with Gasteiger partial charge in [0.2, 0.25) is 10.0 Å². The van der Waals surface area contributed by atoms with E-state index in [2.05, 4.69) is 15.8 Å². The molecule has 3 aliphatic rings. The molecule has 0 bridgehead atoms. The van der Waals surface area contributed by atoms with E-state index in [1.54, 1.807) is 10.4 Å². The number of carbonyl (C=O) groups is 1. The lowest BCUT2D eigenvalue weighted by Gasteiger charge is -2.39. The highest BCUT2D eigenvalue weighted by atomic mass is 32.2. The lowest BCUT2D eigenvalue weighted by molar-refractivity contribution is 0.0905.